The number of nitrogens with one attached hydrogen (secondary N) is 2. The van der Waals surface area contributed by atoms with Crippen LogP contribution < -0.4 is 10.6 Å². The molecule has 0 aliphatic rings. The minimum absolute atomic E-state index is 0.290. The Balaban J connectivity index is 1.29. The van der Waals surface area contributed by atoms with E-state index in [-0.39, 0.29) is 4.90 Å². The summed E-state index contributed by atoms with van der Waals surface area (Å²) in [6, 6.07) is 33.3. The molecule has 8 aromatic rings. The lowest BCUT2D eigenvalue weighted by Gasteiger charge is -2.14. The molecule has 3 heterocycles. The highest BCUT2D eigenvalue weighted by atomic mass is 32.2. The second-order valence-electron chi connectivity index (χ2n) is 10.1. The average Bonchev–Trinajstić information content (AvgIpc) is 3.62. The number of rotatable bonds is 6. The van der Waals surface area contributed by atoms with Crippen LogP contribution in [0.5, 0.6) is 0 Å². The first-order valence-corrected chi connectivity index (χ1v) is 16.6. The third kappa shape index (κ3) is 4.81. The Kier molecular flexibility index (Phi) is 6.27. The molecule has 0 bridgehead atoms. The van der Waals surface area contributed by atoms with Gasteiger partial charge in [0, 0.05) is 22.5 Å². The Bertz CT molecular complexity index is 2310. The van der Waals surface area contributed by atoms with Crippen molar-refractivity contribution in [3.05, 3.63) is 109 Å². The molecule has 0 unspecified atom stereocenters. The van der Waals surface area contributed by atoms with Gasteiger partial charge in [-0.05, 0) is 54.6 Å². The van der Waals surface area contributed by atoms with Gasteiger partial charge in [0.05, 0.1) is 48.2 Å². The van der Waals surface area contributed by atoms with Crippen molar-refractivity contribution in [1.29, 1.82) is 0 Å². The van der Waals surface area contributed by atoms with E-state index in [1.54, 1.807) is 40.9 Å². The first-order valence-electron chi connectivity index (χ1n) is 13.5. The van der Waals surface area contributed by atoms with Gasteiger partial charge in [0.1, 0.15) is 10.1 Å². The number of fused-ring (bicyclic) bond motifs is 4. The lowest BCUT2D eigenvalue weighted by Crippen LogP contribution is -2.01. The lowest BCUT2D eigenvalue weighted by atomic mass is 9.96. The minimum atomic E-state index is -4.76. The molecule has 2 N–H and O–H groups in total. The second-order valence-corrected chi connectivity index (χ2v) is 13.5. The van der Waals surface area contributed by atoms with Crippen molar-refractivity contribution in [2.24, 2.45) is 0 Å². The van der Waals surface area contributed by atoms with Crippen molar-refractivity contribution in [3.8, 4) is 11.1 Å². The van der Waals surface area contributed by atoms with E-state index in [2.05, 4.69) is 20.6 Å². The quantitative estimate of drug-likeness (QED) is 0.106. The van der Waals surface area contributed by atoms with Gasteiger partial charge >= 0.3 is 11.2 Å². The molecule has 11 heteroatoms. The molecular formula is C33H20N4O4S3. The molecule has 0 amide bonds. The summed E-state index contributed by atoms with van der Waals surface area (Å²) in [6.07, 6.45) is 0. The van der Waals surface area contributed by atoms with Gasteiger partial charge in [-0.1, -0.05) is 65.1 Å². The standard InChI is InChI=1S/C33H20N4O4S3/c38-44(39,40)30-12-6-1-7-23(30)31-21-15-13-19(34-32-36-24-8-2-4-10-28(24)42-32)17-26(21)41-27-18-20(14-16-22(27)31)35-33-37-25-9-3-5-11-29(25)43-33/h1-18H,(H2-,34,35,36,37,38,39,40). The fraction of sp³-hybridized carbons (Fsp3) is 0. The van der Waals surface area contributed by atoms with E-state index in [0.29, 0.717) is 33.1 Å². The number of aromatic nitrogens is 2. The van der Waals surface area contributed by atoms with E-state index in [1.807, 2.05) is 84.9 Å². The van der Waals surface area contributed by atoms with Crippen molar-refractivity contribution in [1.82, 2.24) is 9.97 Å². The van der Waals surface area contributed by atoms with E-state index in [0.717, 1.165) is 42.1 Å². The predicted octanol–water partition coefficient (Wildman–Crippen LogP) is 9.14. The zero-order valence-corrected chi connectivity index (χ0v) is 25.1. The van der Waals surface area contributed by atoms with Crippen LogP contribution in [0.25, 0.3) is 53.5 Å². The molecule has 5 aromatic carbocycles. The molecule has 0 radical (unpaired) electrons. The highest BCUT2D eigenvalue weighted by Crippen LogP contribution is 2.41. The van der Waals surface area contributed by atoms with Crippen molar-refractivity contribution < 1.29 is 17.4 Å². The summed E-state index contributed by atoms with van der Waals surface area (Å²) < 4.78 is 45.7. The maximum Gasteiger partial charge on any atom is 0.363 e. The molecule has 0 atom stereocenters. The van der Waals surface area contributed by atoms with Crippen LogP contribution in [-0.4, -0.2) is 22.9 Å². The van der Waals surface area contributed by atoms with E-state index in [4.69, 9.17) is 4.42 Å². The topological polar surface area (TPSA) is 118 Å². The van der Waals surface area contributed by atoms with Crippen LogP contribution in [0, 0.1) is 0 Å². The van der Waals surface area contributed by atoms with Crippen LogP contribution in [0.2, 0.25) is 0 Å². The zero-order chi connectivity index (χ0) is 29.8. The van der Waals surface area contributed by atoms with Crippen molar-refractivity contribution >= 4 is 96.8 Å². The number of nitrogens with zero attached hydrogens (tertiary/aromatic N) is 2. The SMILES string of the molecule is O=S(=O)([O-])c1ccccc1-c1c2ccc(Nc3nc4ccccc4s3)cc2[o+]c2cc(Nc3nc4ccccc4s3)ccc12. The Hall–Kier alpha value is -4.94. The van der Waals surface area contributed by atoms with Gasteiger partial charge in [-0.25, -0.2) is 22.8 Å². The van der Waals surface area contributed by atoms with Crippen LogP contribution in [0.4, 0.5) is 21.6 Å². The molecule has 8 nitrogen and oxygen atoms in total. The van der Waals surface area contributed by atoms with Crippen LogP contribution >= 0.6 is 22.7 Å². The van der Waals surface area contributed by atoms with E-state index >= 15 is 0 Å². The van der Waals surface area contributed by atoms with Gasteiger partial charge < -0.3 is 15.2 Å². The molecule has 214 valence electrons. The second kappa shape index (κ2) is 10.4. The number of hydrogen-bond donors (Lipinski definition) is 2. The van der Waals surface area contributed by atoms with Crippen molar-refractivity contribution in [3.63, 3.8) is 0 Å². The van der Waals surface area contributed by atoms with Gasteiger partial charge in [0.25, 0.3) is 0 Å². The summed E-state index contributed by atoms with van der Waals surface area (Å²) in [5, 5.41) is 9.53. The molecule has 0 fully saturated rings. The Morgan fingerprint density at radius 1 is 0.636 bits per heavy atom. The number of para-hydroxylation sites is 2. The van der Waals surface area contributed by atoms with Gasteiger partial charge in [0.15, 0.2) is 10.3 Å². The highest BCUT2D eigenvalue weighted by Gasteiger charge is 2.24. The largest absolute Gasteiger partial charge is 0.744 e. The monoisotopic (exact) mass is 632 g/mol. The lowest BCUT2D eigenvalue weighted by molar-refractivity contribution is 0.463. The normalized spacial score (nSPS) is 11.9. The fourth-order valence-electron chi connectivity index (χ4n) is 5.33. The molecule has 3 aromatic heterocycles. The first-order chi connectivity index (χ1) is 21.4. The highest BCUT2D eigenvalue weighted by molar-refractivity contribution is 7.85. The summed E-state index contributed by atoms with van der Waals surface area (Å²) in [7, 11) is -4.76. The summed E-state index contributed by atoms with van der Waals surface area (Å²) in [4.78, 5) is 9.05. The Morgan fingerprint density at radius 3 is 1.66 bits per heavy atom. The summed E-state index contributed by atoms with van der Waals surface area (Å²) in [6.45, 7) is 0. The number of benzene rings is 5. The maximum absolute atomic E-state index is 12.4. The van der Waals surface area contributed by atoms with Gasteiger partial charge in [-0.15, -0.1) is 0 Å². The molecule has 0 spiro atoms. The number of hydrogen-bond acceptors (Lipinski definition) is 9. The van der Waals surface area contributed by atoms with E-state index in [1.165, 1.54) is 6.07 Å². The summed E-state index contributed by atoms with van der Waals surface area (Å²) in [5.74, 6) is 0. The van der Waals surface area contributed by atoms with E-state index in [9.17, 15) is 13.0 Å². The predicted molar refractivity (Wildman–Crippen MR) is 177 cm³/mol. The van der Waals surface area contributed by atoms with Crippen LogP contribution in [0.1, 0.15) is 0 Å². The maximum atomic E-state index is 12.4. The Morgan fingerprint density at radius 2 is 1.14 bits per heavy atom. The smallest absolute Gasteiger partial charge is 0.363 e. The van der Waals surface area contributed by atoms with Gasteiger partial charge in [-0.2, -0.15) is 0 Å². The fourth-order valence-corrected chi connectivity index (χ4v) is 7.78. The molecule has 0 aliphatic carbocycles. The minimum Gasteiger partial charge on any atom is -0.744 e. The van der Waals surface area contributed by atoms with Crippen LogP contribution in [0.3, 0.4) is 0 Å². The zero-order valence-electron chi connectivity index (χ0n) is 22.6. The van der Waals surface area contributed by atoms with Crippen LogP contribution in [-0.2, 0) is 10.1 Å². The summed E-state index contributed by atoms with van der Waals surface area (Å²) in [5.41, 5.74) is 5.23. The molecule has 0 saturated carbocycles. The third-order valence-corrected chi connectivity index (χ3v) is 10.0. The summed E-state index contributed by atoms with van der Waals surface area (Å²) >= 11 is 3.08. The molecule has 0 aliphatic heterocycles. The van der Waals surface area contributed by atoms with Gasteiger partial charge in [0.2, 0.25) is 0 Å². The number of anilines is 4. The average molecular weight is 633 g/mol. The van der Waals surface area contributed by atoms with Gasteiger partial charge in [-0.3, -0.25) is 0 Å². The van der Waals surface area contributed by atoms with Crippen molar-refractivity contribution in [2.45, 2.75) is 4.90 Å². The first kappa shape index (κ1) is 26.7. The van der Waals surface area contributed by atoms with Crippen molar-refractivity contribution in [2.75, 3.05) is 10.6 Å². The molecule has 0 saturated heterocycles. The van der Waals surface area contributed by atoms with Crippen LogP contribution in [0.15, 0.2) is 119 Å². The molecular weight excluding hydrogens is 613 g/mol. The molecule has 8 rings (SSSR count). The molecule has 44 heavy (non-hydrogen) atoms. The Labute approximate surface area is 259 Å². The number of thiazole rings is 2. The van der Waals surface area contributed by atoms with E-state index < -0.39 is 10.1 Å². The third-order valence-electron chi connectivity index (χ3n) is 7.24.